The van der Waals surface area contributed by atoms with Crippen molar-refractivity contribution in [1.29, 1.82) is 0 Å². The second kappa shape index (κ2) is 8.75. The molecule has 0 aromatic heterocycles. The predicted molar refractivity (Wildman–Crippen MR) is 110 cm³/mol. The molecule has 0 spiro atoms. The maximum Gasteiger partial charge on any atom is 0.293 e. The van der Waals surface area contributed by atoms with Crippen LogP contribution in [0.3, 0.4) is 0 Å². The number of nitrogens with zero attached hydrogens (tertiary/aromatic N) is 1. The van der Waals surface area contributed by atoms with Crippen LogP contribution in [0.4, 0.5) is 10.5 Å². The average molecular weight is 396 g/mol. The second-order valence-corrected chi connectivity index (χ2v) is 7.29. The van der Waals surface area contributed by atoms with Gasteiger partial charge in [-0.15, -0.1) is 0 Å². The van der Waals surface area contributed by atoms with Crippen LogP contribution in [-0.4, -0.2) is 35.1 Å². The lowest BCUT2D eigenvalue weighted by atomic mass is 10.2. The highest BCUT2D eigenvalue weighted by Gasteiger charge is 2.34. The summed E-state index contributed by atoms with van der Waals surface area (Å²) in [5, 5.41) is 2.37. The Morgan fingerprint density at radius 3 is 2.61 bits per heavy atom. The van der Waals surface area contributed by atoms with E-state index in [1.54, 1.807) is 30.3 Å². The molecule has 7 heteroatoms. The van der Waals surface area contributed by atoms with Gasteiger partial charge in [0.2, 0.25) is 5.91 Å². The highest BCUT2D eigenvalue weighted by atomic mass is 32.2. The Bertz CT molecular complexity index is 938. The van der Waals surface area contributed by atoms with Gasteiger partial charge in [-0.3, -0.25) is 19.3 Å². The fraction of sp³-hybridized carbons (Fsp3) is 0.190. The van der Waals surface area contributed by atoms with Crippen molar-refractivity contribution in [1.82, 2.24) is 4.90 Å². The number of anilines is 1. The fourth-order valence-corrected chi connectivity index (χ4v) is 3.54. The van der Waals surface area contributed by atoms with Gasteiger partial charge in [-0.1, -0.05) is 24.3 Å². The lowest BCUT2D eigenvalue weighted by Gasteiger charge is -2.13. The van der Waals surface area contributed by atoms with Crippen molar-refractivity contribution in [3.8, 4) is 5.75 Å². The molecule has 1 fully saturated rings. The fourth-order valence-electron chi connectivity index (χ4n) is 2.67. The summed E-state index contributed by atoms with van der Waals surface area (Å²) in [6, 6.07) is 14.6. The molecule has 0 radical (unpaired) electrons. The Hall–Kier alpha value is -3.06. The Morgan fingerprint density at radius 2 is 1.93 bits per heavy atom. The van der Waals surface area contributed by atoms with Gasteiger partial charge >= 0.3 is 0 Å². The minimum absolute atomic E-state index is 0.151. The molecule has 1 N–H and O–H groups in total. The summed E-state index contributed by atoms with van der Waals surface area (Å²) in [6.45, 7) is 3.83. The number of carbonyl (C=O) groups is 3. The van der Waals surface area contributed by atoms with E-state index in [-0.39, 0.29) is 30.2 Å². The number of amides is 3. The zero-order valence-corrected chi connectivity index (χ0v) is 16.4. The third kappa shape index (κ3) is 5.01. The van der Waals surface area contributed by atoms with Crippen LogP contribution in [0.25, 0.3) is 6.08 Å². The van der Waals surface area contributed by atoms with E-state index in [0.29, 0.717) is 16.3 Å². The first-order chi connectivity index (χ1) is 13.4. The molecule has 1 aliphatic heterocycles. The van der Waals surface area contributed by atoms with E-state index in [2.05, 4.69) is 5.32 Å². The van der Waals surface area contributed by atoms with Gasteiger partial charge in [-0.05, 0) is 60.2 Å². The van der Waals surface area contributed by atoms with Gasteiger partial charge in [0, 0.05) is 12.6 Å². The van der Waals surface area contributed by atoms with Crippen LogP contribution in [0, 0.1) is 6.92 Å². The first kappa shape index (κ1) is 19.7. The number of aryl methyl sites for hydroxylation is 1. The monoisotopic (exact) mass is 396 g/mol. The number of rotatable bonds is 6. The third-order valence-electron chi connectivity index (χ3n) is 3.98. The van der Waals surface area contributed by atoms with Gasteiger partial charge in [-0.25, -0.2) is 0 Å². The van der Waals surface area contributed by atoms with Gasteiger partial charge in [0.15, 0.2) is 0 Å². The van der Waals surface area contributed by atoms with Crippen LogP contribution in [0.1, 0.15) is 18.1 Å². The summed E-state index contributed by atoms with van der Waals surface area (Å²) >= 11 is 0.913. The summed E-state index contributed by atoms with van der Waals surface area (Å²) in [5.41, 5.74) is 2.53. The number of thioether (sulfide) groups is 1. The van der Waals surface area contributed by atoms with Gasteiger partial charge < -0.3 is 10.1 Å². The van der Waals surface area contributed by atoms with Gasteiger partial charge in [0.25, 0.3) is 11.1 Å². The standard InChI is InChI=1S/C21H20N2O4S/c1-14-4-3-5-18(12-14)27-11-10-23-20(25)19(28-21(23)26)13-16-6-8-17(9-7-16)22-15(2)24/h3-9,12-13H,10-11H2,1-2H3,(H,22,24)/b19-13-. The Kier molecular flexibility index (Phi) is 6.16. The van der Waals surface area contributed by atoms with Crippen molar-refractivity contribution in [3.05, 3.63) is 64.6 Å². The van der Waals surface area contributed by atoms with Gasteiger partial charge in [0.05, 0.1) is 11.4 Å². The molecular weight excluding hydrogens is 376 g/mol. The maximum atomic E-state index is 12.5. The Labute approximate surface area is 167 Å². The lowest BCUT2D eigenvalue weighted by molar-refractivity contribution is -0.123. The second-order valence-electron chi connectivity index (χ2n) is 6.30. The molecule has 1 heterocycles. The lowest BCUT2D eigenvalue weighted by Crippen LogP contribution is -2.32. The number of imide groups is 1. The molecule has 6 nitrogen and oxygen atoms in total. The molecule has 1 aliphatic rings. The van der Waals surface area contributed by atoms with Crippen molar-refractivity contribution in [3.63, 3.8) is 0 Å². The SMILES string of the molecule is CC(=O)Nc1ccc(/C=C2\SC(=O)N(CCOc3cccc(C)c3)C2=O)cc1. The summed E-state index contributed by atoms with van der Waals surface area (Å²) in [6.07, 6.45) is 1.67. The molecule has 2 aromatic rings. The van der Waals surface area contributed by atoms with E-state index < -0.39 is 0 Å². The quantitative estimate of drug-likeness (QED) is 0.745. The predicted octanol–water partition coefficient (Wildman–Crippen LogP) is 4.07. The first-order valence-electron chi connectivity index (χ1n) is 8.75. The first-order valence-corrected chi connectivity index (χ1v) is 9.56. The van der Waals surface area contributed by atoms with E-state index >= 15 is 0 Å². The van der Waals surface area contributed by atoms with Crippen LogP contribution in [-0.2, 0) is 9.59 Å². The summed E-state index contributed by atoms with van der Waals surface area (Å²) in [7, 11) is 0. The number of benzene rings is 2. The Balaban J connectivity index is 1.61. The van der Waals surface area contributed by atoms with Crippen LogP contribution in [0.2, 0.25) is 0 Å². The largest absolute Gasteiger partial charge is 0.492 e. The summed E-state index contributed by atoms with van der Waals surface area (Å²) in [4.78, 5) is 37.3. The Morgan fingerprint density at radius 1 is 1.18 bits per heavy atom. The van der Waals surface area contributed by atoms with E-state index in [0.717, 1.165) is 22.9 Å². The third-order valence-corrected chi connectivity index (χ3v) is 4.88. The van der Waals surface area contributed by atoms with Gasteiger partial charge in [-0.2, -0.15) is 0 Å². The molecule has 3 rings (SSSR count). The molecule has 3 amide bonds. The average Bonchev–Trinajstić information content (AvgIpc) is 2.90. The van der Waals surface area contributed by atoms with Crippen molar-refractivity contribution < 1.29 is 19.1 Å². The van der Waals surface area contributed by atoms with Crippen LogP contribution >= 0.6 is 11.8 Å². The number of hydrogen-bond donors (Lipinski definition) is 1. The molecule has 0 atom stereocenters. The van der Waals surface area contributed by atoms with Crippen molar-refractivity contribution in [2.24, 2.45) is 0 Å². The number of hydrogen-bond acceptors (Lipinski definition) is 5. The minimum Gasteiger partial charge on any atom is -0.492 e. The maximum absolute atomic E-state index is 12.5. The van der Waals surface area contributed by atoms with Crippen LogP contribution in [0.5, 0.6) is 5.75 Å². The molecule has 0 aliphatic carbocycles. The zero-order valence-electron chi connectivity index (χ0n) is 15.6. The number of nitrogens with one attached hydrogen (secondary N) is 1. The molecule has 0 saturated carbocycles. The van der Waals surface area contributed by atoms with Crippen molar-refractivity contribution in [2.75, 3.05) is 18.5 Å². The van der Waals surface area contributed by atoms with E-state index in [9.17, 15) is 14.4 Å². The summed E-state index contributed by atoms with van der Waals surface area (Å²) < 4.78 is 5.63. The molecule has 0 bridgehead atoms. The highest BCUT2D eigenvalue weighted by molar-refractivity contribution is 8.18. The normalized spacial score (nSPS) is 15.2. The molecule has 144 valence electrons. The molecule has 1 saturated heterocycles. The van der Waals surface area contributed by atoms with Crippen LogP contribution < -0.4 is 10.1 Å². The smallest absolute Gasteiger partial charge is 0.293 e. The molecule has 28 heavy (non-hydrogen) atoms. The molecule has 2 aromatic carbocycles. The topological polar surface area (TPSA) is 75.7 Å². The number of carbonyl (C=O) groups excluding carboxylic acids is 3. The molecule has 0 unspecified atom stereocenters. The van der Waals surface area contributed by atoms with Gasteiger partial charge in [0.1, 0.15) is 12.4 Å². The molecular formula is C21H20N2O4S. The minimum atomic E-state index is -0.325. The van der Waals surface area contributed by atoms with E-state index in [1.807, 2.05) is 31.2 Å². The van der Waals surface area contributed by atoms with E-state index in [1.165, 1.54) is 11.8 Å². The zero-order chi connectivity index (χ0) is 20.1. The van der Waals surface area contributed by atoms with Crippen molar-refractivity contribution >= 4 is 40.6 Å². The van der Waals surface area contributed by atoms with Crippen molar-refractivity contribution in [2.45, 2.75) is 13.8 Å². The van der Waals surface area contributed by atoms with Crippen LogP contribution in [0.15, 0.2) is 53.4 Å². The summed E-state index contributed by atoms with van der Waals surface area (Å²) in [5.74, 6) is 0.234. The number of ether oxygens (including phenoxy) is 1. The van der Waals surface area contributed by atoms with E-state index in [4.69, 9.17) is 4.74 Å². The highest BCUT2D eigenvalue weighted by Crippen LogP contribution is 2.32.